The Morgan fingerprint density at radius 3 is 2.79 bits per heavy atom. The summed E-state index contributed by atoms with van der Waals surface area (Å²) < 4.78 is 10.8. The highest BCUT2D eigenvalue weighted by Gasteiger charge is 2.27. The zero-order valence-corrected chi connectivity index (χ0v) is 13.7. The van der Waals surface area contributed by atoms with E-state index in [1.54, 1.807) is 20.3 Å². The number of rotatable bonds is 5. The quantitative estimate of drug-likeness (QED) is 0.910. The van der Waals surface area contributed by atoms with Crippen LogP contribution in [0.5, 0.6) is 11.5 Å². The number of aromatic nitrogens is 1. The van der Waals surface area contributed by atoms with E-state index in [0.29, 0.717) is 5.82 Å². The summed E-state index contributed by atoms with van der Waals surface area (Å²) in [4.78, 5) is 17.4. The highest BCUT2D eigenvalue weighted by atomic mass is 16.5. The molecule has 1 aliphatic rings. The Balaban J connectivity index is 1.83. The van der Waals surface area contributed by atoms with Crippen LogP contribution in [0.1, 0.15) is 28.4 Å². The average molecular weight is 328 g/mol. The van der Waals surface area contributed by atoms with E-state index < -0.39 is 5.97 Å². The van der Waals surface area contributed by atoms with Gasteiger partial charge in [-0.15, -0.1) is 0 Å². The molecular weight excluding hydrogens is 308 g/mol. The first-order valence-corrected chi connectivity index (χ1v) is 7.79. The van der Waals surface area contributed by atoms with E-state index in [1.165, 1.54) is 6.07 Å². The van der Waals surface area contributed by atoms with Crippen molar-refractivity contribution in [3.63, 3.8) is 0 Å². The number of methoxy groups -OCH3 is 2. The van der Waals surface area contributed by atoms with Gasteiger partial charge in [0, 0.05) is 24.6 Å². The predicted octanol–water partition coefficient (Wildman–Crippen LogP) is 2.79. The summed E-state index contributed by atoms with van der Waals surface area (Å²) in [5.74, 6) is 1.61. The second-order valence-electron chi connectivity index (χ2n) is 5.73. The molecule has 1 saturated heterocycles. The van der Waals surface area contributed by atoms with Gasteiger partial charge in [-0.25, -0.2) is 9.78 Å². The van der Waals surface area contributed by atoms with Gasteiger partial charge in [0.25, 0.3) is 0 Å². The first-order chi connectivity index (χ1) is 11.6. The Morgan fingerprint density at radius 2 is 2.08 bits per heavy atom. The Bertz CT molecular complexity index is 748. The molecule has 1 fully saturated rings. The molecule has 0 radical (unpaired) electrons. The minimum atomic E-state index is -1.01. The summed E-state index contributed by atoms with van der Waals surface area (Å²) in [5, 5.41) is 9.10. The third kappa shape index (κ3) is 3.13. The Labute approximate surface area is 140 Å². The van der Waals surface area contributed by atoms with Gasteiger partial charge in [-0.3, -0.25) is 0 Å². The molecule has 24 heavy (non-hydrogen) atoms. The molecule has 0 saturated carbocycles. The highest BCUT2D eigenvalue weighted by Crippen LogP contribution is 2.37. The van der Waals surface area contributed by atoms with E-state index in [4.69, 9.17) is 14.6 Å². The largest absolute Gasteiger partial charge is 0.497 e. The van der Waals surface area contributed by atoms with E-state index in [-0.39, 0.29) is 11.6 Å². The molecule has 0 amide bonds. The van der Waals surface area contributed by atoms with Crippen LogP contribution in [0.25, 0.3) is 0 Å². The first kappa shape index (κ1) is 16.1. The van der Waals surface area contributed by atoms with Crippen molar-refractivity contribution in [3.05, 3.63) is 47.7 Å². The molecule has 2 heterocycles. The number of anilines is 1. The van der Waals surface area contributed by atoms with Crippen LogP contribution in [0.2, 0.25) is 0 Å². The summed E-state index contributed by atoms with van der Waals surface area (Å²) >= 11 is 0. The topological polar surface area (TPSA) is 71.9 Å². The molecule has 1 N–H and O–H groups in total. The Morgan fingerprint density at radius 1 is 1.25 bits per heavy atom. The van der Waals surface area contributed by atoms with Crippen molar-refractivity contribution in [1.82, 2.24) is 4.98 Å². The minimum Gasteiger partial charge on any atom is -0.497 e. The third-order valence-electron chi connectivity index (χ3n) is 4.34. The lowest BCUT2D eigenvalue weighted by Crippen LogP contribution is -2.21. The summed E-state index contributed by atoms with van der Waals surface area (Å²) in [7, 11) is 3.31. The second-order valence-corrected chi connectivity index (χ2v) is 5.73. The molecule has 6 heteroatoms. The molecule has 126 valence electrons. The van der Waals surface area contributed by atoms with Gasteiger partial charge in [0.15, 0.2) is 5.69 Å². The van der Waals surface area contributed by atoms with Crippen LogP contribution < -0.4 is 14.4 Å². The molecule has 1 atom stereocenters. The lowest BCUT2D eigenvalue weighted by molar-refractivity contribution is 0.0690. The van der Waals surface area contributed by atoms with Crippen molar-refractivity contribution < 1.29 is 19.4 Å². The zero-order valence-electron chi connectivity index (χ0n) is 13.7. The SMILES string of the molecule is COc1ccc(OC)c(C2CCN(c3cccc(C(=O)O)n3)C2)c1. The van der Waals surface area contributed by atoms with Gasteiger partial charge in [-0.1, -0.05) is 6.07 Å². The van der Waals surface area contributed by atoms with Crippen molar-refractivity contribution in [2.75, 3.05) is 32.2 Å². The van der Waals surface area contributed by atoms with Crippen LogP contribution >= 0.6 is 0 Å². The molecule has 2 aromatic rings. The van der Waals surface area contributed by atoms with E-state index in [9.17, 15) is 4.79 Å². The molecular formula is C18H20N2O4. The number of nitrogens with zero attached hydrogens (tertiary/aromatic N) is 2. The Hall–Kier alpha value is -2.76. The molecule has 6 nitrogen and oxygen atoms in total. The summed E-state index contributed by atoms with van der Waals surface area (Å²) in [5.41, 5.74) is 1.17. The van der Waals surface area contributed by atoms with Crippen molar-refractivity contribution in [1.29, 1.82) is 0 Å². The van der Waals surface area contributed by atoms with E-state index >= 15 is 0 Å². The zero-order chi connectivity index (χ0) is 17.1. The number of carboxylic acids is 1. The maximum atomic E-state index is 11.1. The van der Waals surface area contributed by atoms with E-state index in [2.05, 4.69) is 9.88 Å². The van der Waals surface area contributed by atoms with Crippen LogP contribution in [0.15, 0.2) is 36.4 Å². The molecule has 0 aliphatic carbocycles. The Kier molecular flexibility index (Phi) is 4.55. The molecule has 3 rings (SSSR count). The normalized spacial score (nSPS) is 16.9. The monoisotopic (exact) mass is 328 g/mol. The number of hydrogen-bond acceptors (Lipinski definition) is 5. The number of carbonyl (C=O) groups is 1. The molecule has 1 aromatic carbocycles. The summed E-state index contributed by atoms with van der Waals surface area (Å²) in [6.07, 6.45) is 0.947. The fraction of sp³-hybridized carbons (Fsp3) is 0.333. The molecule has 0 spiro atoms. The van der Waals surface area contributed by atoms with Gasteiger partial charge < -0.3 is 19.5 Å². The lowest BCUT2D eigenvalue weighted by Gasteiger charge is -2.19. The van der Waals surface area contributed by atoms with Crippen LogP contribution in [0.3, 0.4) is 0 Å². The first-order valence-electron chi connectivity index (χ1n) is 7.79. The van der Waals surface area contributed by atoms with Crippen molar-refractivity contribution in [2.45, 2.75) is 12.3 Å². The van der Waals surface area contributed by atoms with Gasteiger partial charge in [-0.2, -0.15) is 0 Å². The van der Waals surface area contributed by atoms with Crippen LogP contribution in [0, 0.1) is 0 Å². The molecule has 1 aromatic heterocycles. The van der Waals surface area contributed by atoms with Crippen LogP contribution in [-0.2, 0) is 0 Å². The second kappa shape index (κ2) is 6.78. The van der Waals surface area contributed by atoms with Crippen LogP contribution in [0.4, 0.5) is 5.82 Å². The van der Waals surface area contributed by atoms with E-state index in [1.807, 2.05) is 24.3 Å². The number of aromatic carboxylic acids is 1. The van der Waals surface area contributed by atoms with Gasteiger partial charge >= 0.3 is 5.97 Å². The fourth-order valence-electron chi connectivity index (χ4n) is 3.10. The van der Waals surface area contributed by atoms with Crippen molar-refractivity contribution in [3.8, 4) is 11.5 Å². The molecule has 1 aliphatic heterocycles. The van der Waals surface area contributed by atoms with Gasteiger partial charge in [0.05, 0.1) is 14.2 Å². The number of ether oxygens (including phenoxy) is 2. The number of benzene rings is 1. The lowest BCUT2D eigenvalue weighted by atomic mass is 9.97. The third-order valence-corrected chi connectivity index (χ3v) is 4.34. The molecule has 1 unspecified atom stereocenters. The number of pyridine rings is 1. The fourth-order valence-corrected chi connectivity index (χ4v) is 3.10. The van der Waals surface area contributed by atoms with Gasteiger partial charge in [-0.05, 0) is 36.8 Å². The van der Waals surface area contributed by atoms with Gasteiger partial charge in [0.1, 0.15) is 17.3 Å². The van der Waals surface area contributed by atoms with E-state index in [0.717, 1.165) is 36.6 Å². The van der Waals surface area contributed by atoms with Crippen molar-refractivity contribution in [2.24, 2.45) is 0 Å². The molecule has 0 bridgehead atoms. The number of hydrogen-bond donors (Lipinski definition) is 1. The number of carboxylic acid groups (broad SMARTS) is 1. The minimum absolute atomic E-state index is 0.0647. The smallest absolute Gasteiger partial charge is 0.354 e. The van der Waals surface area contributed by atoms with Crippen LogP contribution in [-0.4, -0.2) is 43.4 Å². The standard InChI is InChI=1S/C18H20N2O4/c1-23-13-6-7-16(24-2)14(10-13)12-8-9-20(11-12)17-5-3-4-15(19-17)18(21)22/h3-7,10,12H,8-9,11H2,1-2H3,(H,21,22). The maximum Gasteiger partial charge on any atom is 0.354 e. The summed E-state index contributed by atoms with van der Waals surface area (Å²) in [6, 6.07) is 10.9. The maximum absolute atomic E-state index is 11.1. The van der Waals surface area contributed by atoms with Gasteiger partial charge in [0.2, 0.25) is 0 Å². The highest BCUT2D eigenvalue weighted by molar-refractivity contribution is 5.85. The van der Waals surface area contributed by atoms with Crippen molar-refractivity contribution >= 4 is 11.8 Å². The predicted molar refractivity (Wildman–Crippen MR) is 90.3 cm³/mol. The average Bonchev–Trinajstić information content (AvgIpc) is 3.11. The summed E-state index contributed by atoms with van der Waals surface area (Å²) in [6.45, 7) is 1.58.